The van der Waals surface area contributed by atoms with E-state index in [1.165, 1.54) is 0 Å². The van der Waals surface area contributed by atoms with Gasteiger partial charge in [0.25, 0.3) is 5.56 Å². The van der Waals surface area contributed by atoms with E-state index in [0.29, 0.717) is 12.1 Å². The summed E-state index contributed by atoms with van der Waals surface area (Å²) >= 11 is 0. The number of pyridine rings is 1. The average molecular weight is 152 g/mol. The van der Waals surface area contributed by atoms with Crippen molar-refractivity contribution < 1.29 is 0 Å². The van der Waals surface area contributed by atoms with Gasteiger partial charge in [0.05, 0.1) is 0 Å². The second-order valence-corrected chi connectivity index (χ2v) is 2.61. The third-order valence-electron chi connectivity index (χ3n) is 1.94. The number of aromatic nitrogens is 1. The summed E-state index contributed by atoms with van der Waals surface area (Å²) in [5.74, 6) is 0. The molecule has 0 aliphatic carbocycles. The minimum Gasteiger partial charge on any atom is -0.329 e. The second-order valence-electron chi connectivity index (χ2n) is 2.61. The molecular formula is C8H12N2O. The number of hydrogen-bond donors (Lipinski definition) is 2. The summed E-state index contributed by atoms with van der Waals surface area (Å²) < 4.78 is 0. The molecule has 0 fully saturated rings. The normalized spacial score (nSPS) is 10.1. The van der Waals surface area contributed by atoms with Gasteiger partial charge in [0.2, 0.25) is 0 Å². The molecule has 60 valence electrons. The van der Waals surface area contributed by atoms with Gasteiger partial charge in [-0.3, -0.25) is 4.79 Å². The van der Waals surface area contributed by atoms with Crippen LogP contribution < -0.4 is 11.3 Å². The van der Waals surface area contributed by atoms with E-state index >= 15 is 0 Å². The molecule has 0 bridgehead atoms. The molecule has 0 saturated carbocycles. The summed E-state index contributed by atoms with van der Waals surface area (Å²) in [6.07, 6.45) is 1.71. The molecule has 0 radical (unpaired) electrons. The van der Waals surface area contributed by atoms with Gasteiger partial charge in [-0.15, -0.1) is 0 Å². The fraction of sp³-hybridized carbons (Fsp3) is 0.375. The summed E-state index contributed by atoms with van der Waals surface area (Å²) in [5, 5.41) is 0. The zero-order valence-electron chi connectivity index (χ0n) is 6.77. The van der Waals surface area contributed by atoms with E-state index in [1.807, 2.05) is 13.8 Å². The average Bonchev–Trinajstić information content (AvgIpc) is 1.99. The molecule has 0 aliphatic heterocycles. The summed E-state index contributed by atoms with van der Waals surface area (Å²) in [6.45, 7) is 4.17. The summed E-state index contributed by atoms with van der Waals surface area (Å²) in [5.41, 5.74) is 8.08. The minimum atomic E-state index is -0.0735. The number of H-pyrrole nitrogens is 1. The van der Waals surface area contributed by atoms with Crippen LogP contribution in [0.1, 0.15) is 16.7 Å². The Morgan fingerprint density at radius 3 is 2.64 bits per heavy atom. The van der Waals surface area contributed by atoms with E-state index in [-0.39, 0.29) is 5.56 Å². The van der Waals surface area contributed by atoms with Crippen LogP contribution in [0.3, 0.4) is 0 Å². The van der Waals surface area contributed by atoms with Gasteiger partial charge in [-0.05, 0) is 25.0 Å². The number of rotatable bonds is 1. The molecule has 0 unspecified atom stereocenters. The Kier molecular flexibility index (Phi) is 2.10. The lowest BCUT2D eigenvalue weighted by Gasteiger charge is -2.03. The van der Waals surface area contributed by atoms with Crippen molar-refractivity contribution in [3.8, 4) is 0 Å². The molecule has 0 saturated heterocycles. The Labute approximate surface area is 65.2 Å². The van der Waals surface area contributed by atoms with Gasteiger partial charge >= 0.3 is 0 Å². The lowest BCUT2D eigenvalue weighted by Crippen LogP contribution is -2.18. The van der Waals surface area contributed by atoms with Crippen molar-refractivity contribution in [1.29, 1.82) is 0 Å². The number of aromatic amines is 1. The quantitative estimate of drug-likeness (QED) is 0.613. The van der Waals surface area contributed by atoms with Crippen LogP contribution in [0.2, 0.25) is 0 Å². The van der Waals surface area contributed by atoms with Crippen molar-refractivity contribution in [3.63, 3.8) is 0 Å². The van der Waals surface area contributed by atoms with Crippen LogP contribution in [-0.2, 0) is 6.54 Å². The molecule has 3 heteroatoms. The molecule has 0 aliphatic rings. The highest BCUT2D eigenvalue weighted by atomic mass is 16.1. The number of nitrogens with two attached hydrogens (primary N) is 1. The Morgan fingerprint density at radius 2 is 2.18 bits per heavy atom. The van der Waals surface area contributed by atoms with Gasteiger partial charge in [-0.25, -0.2) is 0 Å². The standard InChI is InChI=1S/C8H12N2O/c1-5-4-10-8(11)7(3-9)6(5)2/h4H,3,9H2,1-2H3,(H,10,11). The van der Waals surface area contributed by atoms with Crippen LogP contribution in [-0.4, -0.2) is 4.98 Å². The lowest BCUT2D eigenvalue weighted by atomic mass is 10.1. The molecule has 1 aromatic heterocycles. The monoisotopic (exact) mass is 152 g/mol. The van der Waals surface area contributed by atoms with Crippen LogP contribution in [0.15, 0.2) is 11.0 Å². The Morgan fingerprint density at radius 1 is 1.55 bits per heavy atom. The first kappa shape index (κ1) is 8.01. The first-order valence-corrected chi connectivity index (χ1v) is 3.54. The zero-order chi connectivity index (χ0) is 8.43. The second kappa shape index (κ2) is 2.88. The molecule has 3 N–H and O–H groups in total. The molecule has 3 nitrogen and oxygen atoms in total. The molecule has 0 amide bonds. The van der Waals surface area contributed by atoms with Crippen molar-refractivity contribution in [2.45, 2.75) is 20.4 Å². The topological polar surface area (TPSA) is 58.9 Å². The Bertz CT molecular complexity index is 314. The maximum Gasteiger partial charge on any atom is 0.252 e. The third kappa shape index (κ3) is 1.33. The lowest BCUT2D eigenvalue weighted by molar-refractivity contribution is 0.980. The fourth-order valence-corrected chi connectivity index (χ4v) is 1.02. The zero-order valence-corrected chi connectivity index (χ0v) is 6.77. The van der Waals surface area contributed by atoms with Crippen molar-refractivity contribution >= 4 is 0 Å². The Hall–Kier alpha value is -1.09. The first-order valence-electron chi connectivity index (χ1n) is 3.54. The van der Waals surface area contributed by atoms with Gasteiger partial charge in [0.1, 0.15) is 0 Å². The minimum absolute atomic E-state index is 0.0735. The maximum absolute atomic E-state index is 11.1. The highest BCUT2D eigenvalue weighted by Gasteiger charge is 2.02. The third-order valence-corrected chi connectivity index (χ3v) is 1.94. The van der Waals surface area contributed by atoms with Gasteiger partial charge < -0.3 is 10.7 Å². The van der Waals surface area contributed by atoms with Crippen molar-refractivity contribution in [3.05, 3.63) is 33.2 Å². The van der Waals surface area contributed by atoms with Gasteiger partial charge in [-0.1, -0.05) is 0 Å². The Balaban J connectivity index is 3.41. The van der Waals surface area contributed by atoms with Gasteiger partial charge in [0.15, 0.2) is 0 Å². The van der Waals surface area contributed by atoms with Crippen LogP contribution >= 0.6 is 0 Å². The number of nitrogens with one attached hydrogen (secondary N) is 1. The smallest absolute Gasteiger partial charge is 0.252 e. The van der Waals surface area contributed by atoms with E-state index in [9.17, 15) is 4.79 Å². The van der Waals surface area contributed by atoms with Crippen molar-refractivity contribution in [2.24, 2.45) is 5.73 Å². The fourth-order valence-electron chi connectivity index (χ4n) is 1.02. The molecule has 11 heavy (non-hydrogen) atoms. The van der Waals surface area contributed by atoms with Crippen molar-refractivity contribution in [2.75, 3.05) is 0 Å². The van der Waals surface area contributed by atoms with Crippen LogP contribution in [0.4, 0.5) is 0 Å². The van der Waals surface area contributed by atoms with E-state index in [1.54, 1.807) is 6.20 Å². The largest absolute Gasteiger partial charge is 0.329 e. The van der Waals surface area contributed by atoms with Crippen LogP contribution in [0.5, 0.6) is 0 Å². The molecule has 1 heterocycles. The highest BCUT2D eigenvalue weighted by molar-refractivity contribution is 5.28. The van der Waals surface area contributed by atoms with Crippen LogP contribution in [0.25, 0.3) is 0 Å². The predicted octanol–water partition coefficient (Wildman–Crippen LogP) is 0.450. The predicted molar refractivity (Wildman–Crippen MR) is 44.4 cm³/mol. The number of aryl methyl sites for hydroxylation is 1. The summed E-state index contributed by atoms with van der Waals surface area (Å²) in [7, 11) is 0. The number of hydrogen-bond acceptors (Lipinski definition) is 2. The molecule has 0 spiro atoms. The summed E-state index contributed by atoms with van der Waals surface area (Å²) in [4.78, 5) is 13.7. The van der Waals surface area contributed by atoms with E-state index in [0.717, 1.165) is 11.1 Å². The first-order chi connectivity index (χ1) is 5.16. The molecule has 1 rings (SSSR count). The highest BCUT2D eigenvalue weighted by Crippen LogP contribution is 2.05. The van der Waals surface area contributed by atoms with E-state index < -0.39 is 0 Å². The van der Waals surface area contributed by atoms with Gasteiger partial charge in [-0.2, -0.15) is 0 Å². The van der Waals surface area contributed by atoms with E-state index in [4.69, 9.17) is 5.73 Å². The summed E-state index contributed by atoms with van der Waals surface area (Å²) in [6, 6.07) is 0. The van der Waals surface area contributed by atoms with E-state index in [2.05, 4.69) is 4.98 Å². The molecule has 1 aromatic rings. The molecule has 0 aromatic carbocycles. The maximum atomic E-state index is 11.1. The SMILES string of the molecule is Cc1c[nH]c(=O)c(CN)c1C. The van der Waals surface area contributed by atoms with Gasteiger partial charge in [0, 0.05) is 18.3 Å². The molecule has 0 atom stereocenters. The van der Waals surface area contributed by atoms with Crippen LogP contribution in [0, 0.1) is 13.8 Å². The van der Waals surface area contributed by atoms with Crippen molar-refractivity contribution in [1.82, 2.24) is 4.98 Å². The molecular weight excluding hydrogens is 140 g/mol.